The molecule has 0 spiro atoms. The van der Waals surface area contributed by atoms with Gasteiger partial charge in [0.1, 0.15) is 12.6 Å². The van der Waals surface area contributed by atoms with E-state index in [9.17, 15) is 14.7 Å². The number of carbonyl (C=O) groups is 2. The second kappa shape index (κ2) is 7.76. The lowest BCUT2D eigenvalue weighted by Gasteiger charge is -2.36. The zero-order valence-corrected chi connectivity index (χ0v) is 16.7. The lowest BCUT2D eigenvalue weighted by Crippen LogP contribution is -2.52. The quantitative estimate of drug-likeness (QED) is 0.810. The van der Waals surface area contributed by atoms with Gasteiger partial charge in [-0.1, -0.05) is 48.5 Å². The molecule has 0 aromatic heterocycles. The smallest absolute Gasteiger partial charge is 0.410 e. The Bertz CT molecular complexity index is 924. The maximum atomic E-state index is 12.8. The number of amides is 1. The summed E-state index contributed by atoms with van der Waals surface area (Å²) >= 11 is 0. The molecule has 2 aliphatic carbocycles. The van der Waals surface area contributed by atoms with Gasteiger partial charge in [0.15, 0.2) is 0 Å². The summed E-state index contributed by atoms with van der Waals surface area (Å²) < 4.78 is 11.6. The summed E-state index contributed by atoms with van der Waals surface area (Å²) in [5.41, 5.74) is 4.60. The van der Waals surface area contributed by atoms with E-state index in [1.54, 1.807) is 0 Å². The summed E-state index contributed by atoms with van der Waals surface area (Å²) in [7, 11) is 0. The summed E-state index contributed by atoms with van der Waals surface area (Å²) in [6, 6.07) is 15.4. The number of ether oxygens (including phenoxy) is 2. The predicted octanol–water partition coefficient (Wildman–Crippen LogP) is 4.03. The van der Waals surface area contributed by atoms with Crippen LogP contribution in [-0.2, 0) is 14.3 Å². The van der Waals surface area contributed by atoms with Crippen molar-refractivity contribution in [3.05, 3.63) is 59.7 Å². The van der Waals surface area contributed by atoms with E-state index in [-0.39, 0.29) is 24.7 Å². The van der Waals surface area contributed by atoms with Crippen LogP contribution in [0.15, 0.2) is 48.5 Å². The molecule has 6 nitrogen and oxygen atoms in total. The Morgan fingerprint density at radius 2 is 1.57 bits per heavy atom. The number of piperidine rings is 1. The number of benzene rings is 2. The van der Waals surface area contributed by atoms with Crippen LogP contribution in [0.2, 0.25) is 0 Å². The maximum Gasteiger partial charge on any atom is 0.410 e. The molecule has 6 heteroatoms. The van der Waals surface area contributed by atoms with Crippen LogP contribution < -0.4 is 0 Å². The lowest BCUT2D eigenvalue weighted by atomic mass is 9.98. The highest BCUT2D eigenvalue weighted by Crippen LogP contribution is 2.44. The van der Waals surface area contributed by atoms with Crippen molar-refractivity contribution in [3.63, 3.8) is 0 Å². The predicted molar refractivity (Wildman–Crippen MR) is 110 cm³/mol. The minimum Gasteiger partial charge on any atom is -0.480 e. The third kappa shape index (κ3) is 3.56. The number of hydrogen-bond acceptors (Lipinski definition) is 4. The average molecular weight is 407 g/mol. The van der Waals surface area contributed by atoms with Gasteiger partial charge >= 0.3 is 12.1 Å². The number of aliphatic carboxylic acids is 1. The Morgan fingerprint density at radius 3 is 2.17 bits per heavy atom. The lowest BCUT2D eigenvalue weighted by molar-refractivity contribution is -0.146. The molecule has 2 unspecified atom stereocenters. The summed E-state index contributed by atoms with van der Waals surface area (Å²) in [5.74, 6) is -1.05. The monoisotopic (exact) mass is 407 g/mol. The average Bonchev–Trinajstić information content (AvgIpc) is 3.52. The number of carboxylic acids is 1. The van der Waals surface area contributed by atoms with Crippen LogP contribution in [0, 0.1) is 0 Å². The summed E-state index contributed by atoms with van der Waals surface area (Å²) in [6.45, 7) is 0.530. The molecule has 5 rings (SSSR count). The fraction of sp³-hybridized carbons (Fsp3) is 0.417. The first-order valence-corrected chi connectivity index (χ1v) is 10.6. The molecule has 0 bridgehead atoms. The Hall–Kier alpha value is -2.86. The molecule has 2 aromatic carbocycles. The summed E-state index contributed by atoms with van der Waals surface area (Å²) in [4.78, 5) is 26.0. The van der Waals surface area contributed by atoms with E-state index in [4.69, 9.17) is 9.47 Å². The number of hydrogen-bond donors (Lipinski definition) is 1. The molecule has 1 aliphatic heterocycles. The second-order valence-corrected chi connectivity index (χ2v) is 8.33. The highest BCUT2D eigenvalue weighted by molar-refractivity contribution is 5.81. The molecule has 1 N–H and O–H groups in total. The van der Waals surface area contributed by atoms with Gasteiger partial charge in [-0.3, -0.25) is 4.90 Å². The maximum absolute atomic E-state index is 12.8. The van der Waals surface area contributed by atoms with Crippen molar-refractivity contribution in [1.82, 2.24) is 4.90 Å². The van der Waals surface area contributed by atoms with Crippen LogP contribution in [0.5, 0.6) is 0 Å². The Balaban J connectivity index is 1.28. The Kier molecular flexibility index (Phi) is 4.95. The third-order valence-electron chi connectivity index (χ3n) is 6.32. The largest absolute Gasteiger partial charge is 0.480 e. The van der Waals surface area contributed by atoms with E-state index in [2.05, 4.69) is 24.3 Å². The van der Waals surface area contributed by atoms with E-state index < -0.39 is 18.1 Å². The standard InChI is InChI=1S/C24H25NO5/c26-23(27)22-13-16(30-15-9-10-15)11-12-25(22)24(28)29-14-21-19-7-3-1-5-17(19)18-6-2-4-8-20(18)21/h1-8,15-16,21-22H,9-14H2,(H,26,27). The van der Waals surface area contributed by atoms with E-state index in [0.717, 1.165) is 35.1 Å². The van der Waals surface area contributed by atoms with Crippen molar-refractivity contribution in [1.29, 1.82) is 0 Å². The molecule has 2 atom stereocenters. The molecule has 30 heavy (non-hydrogen) atoms. The van der Waals surface area contributed by atoms with Crippen molar-refractivity contribution in [2.24, 2.45) is 0 Å². The van der Waals surface area contributed by atoms with Gasteiger partial charge in [0, 0.05) is 18.9 Å². The van der Waals surface area contributed by atoms with Gasteiger partial charge in [-0.2, -0.15) is 0 Å². The topological polar surface area (TPSA) is 76.1 Å². The molecular formula is C24H25NO5. The van der Waals surface area contributed by atoms with Gasteiger partial charge in [-0.05, 0) is 41.5 Å². The summed E-state index contributed by atoms with van der Waals surface area (Å²) in [5, 5.41) is 9.66. The highest BCUT2D eigenvalue weighted by atomic mass is 16.6. The normalized spacial score (nSPS) is 23.0. The number of nitrogens with zero attached hydrogens (tertiary/aromatic N) is 1. The van der Waals surface area contributed by atoms with Crippen molar-refractivity contribution in [2.75, 3.05) is 13.2 Å². The number of rotatable bonds is 5. The number of likely N-dealkylation sites (tertiary alicyclic amines) is 1. The van der Waals surface area contributed by atoms with Gasteiger partial charge in [-0.25, -0.2) is 9.59 Å². The first-order valence-electron chi connectivity index (χ1n) is 10.6. The van der Waals surface area contributed by atoms with Gasteiger partial charge in [0.05, 0.1) is 12.2 Å². The molecule has 1 heterocycles. The minimum atomic E-state index is -1.01. The van der Waals surface area contributed by atoms with Gasteiger partial charge in [0.25, 0.3) is 0 Å². The fourth-order valence-corrected chi connectivity index (χ4v) is 4.66. The molecule has 2 fully saturated rings. The SMILES string of the molecule is O=C(O)C1CC(OC2CC2)CCN1C(=O)OCC1c2ccccc2-c2ccccc21. The molecule has 1 saturated heterocycles. The number of carboxylic acid groups (broad SMARTS) is 1. The first-order chi connectivity index (χ1) is 14.6. The van der Waals surface area contributed by atoms with Crippen molar-refractivity contribution < 1.29 is 24.2 Å². The van der Waals surface area contributed by atoms with Crippen molar-refractivity contribution in [2.45, 2.75) is 49.9 Å². The number of fused-ring (bicyclic) bond motifs is 3. The minimum absolute atomic E-state index is 0.0413. The van der Waals surface area contributed by atoms with E-state index in [1.807, 2.05) is 24.3 Å². The molecule has 0 radical (unpaired) electrons. The molecular weight excluding hydrogens is 382 g/mol. The molecule has 1 saturated carbocycles. The zero-order valence-electron chi connectivity index (χ0n) is 16.7. The van der Waals surface area contributed by atoms with E-state index >= 15 is 0 Å². The molecule has 3 aliphatic rings. The van der Waals surface area contributed by atoms with Crippen molar-refractivity contribution >= 4 is 12.1 Å². The Labute approximate surface area is 175 Å². The first kappa shape index (κ1) is 19.1. The molecule has 1 amide bonds. The molecule has 2 aromatic rings. The highest BCUT2D eigenvalue weighted by Gasteiger charge is 2.40. The van der Waals surface area contributed by atoms with E-state index in [1.165, 1.54) is 4.90 Å². The second-order valence-electron chi connectivity index (χ2n) is 8.33. The van der Waals surface area contributed by atoms with Crippen LogP contribution in [0.3, 0.4) is 0 Å². The molecule has 156 valence electrons. The van der Waals surface area contributed by atoms with Crippen molar-refractivity contribution in [3.8, 4) is 11.1 Å². The van der Waals surface area contributed by atoms with Crippen LogP contribution in [0.4, 0.5) is 4.79 Å². The van der Waals surface area contributed by atoms with Crippen LogP contribution >= 0.6 is 0 Å². The van der Waals surface area contributed by atoms with Gasteiger partial charge in [0.2, 0.25) is 0 Å². The van der Waals surface area contributed by atoms with Crippen LogP contribution in [-0.4, -0.2) is 53.5 Å². The van der Waals surface area contributed by atoms with Gasteiger partial charge < -0.3 is 14.6 Å². The third-order valence-corrected chi connectivity index (χ3v) is 6.32. The van der Waals surface area contributed by atoms with Gasteiger partial charge in [-0.15, -0.1) is 0 Å². The number of carbonyl (C=O) groups excluding carboxylic acids is 1. The zero-order chi connectivity index (χ0) is 20.7. The summed E-state index contributed by atoms with van der Waals surface area (Å²) in [6.07, 6.45) is 2.66. The Morgan fingerprint density at radius 1 is 0.933 bits per heavy atom. The van der Waals surface area contributed by atoms with E-state index in [0.29, 0.717) is 19.4 Å². The van der Waals surface area contributed by atoms with Crippen LogP contribution in [0.25, 0.3) is 11.1 Å². The fourth-order valence-electron chi connectivity index (χ4n) is 4.66. The van der Waals surface area contributed by atoms with Crippen LogP contribution in [0.1, 0.15) is 42.7 Å².